The summed E-state index contributed by atoms with van der Waals surface area (Å²) in [5, 5.41) is 23.8. The number of carbonyl (C=O) groups is 4. The van der Waals surface area contributed by atoms with Crippen LogP contribution in [0, 0.1) is 17.0 Å². The van der Waals surface area contributed by atoms with Crippen molar-refractivity contribution in [3.63, 3.8) is 0 Å². The largest absolute Gasteiger partial charge is 0.481 e. The lowest BCUT2D eigenvalue weighted by atomic mass is 9.82. The molecule has 47 heavy (non-hydrogen) atoms. The molecular weight excluding hydrogens is 612 g/mol. The van der Waals surface area contributed by atoms with Crippen molar-refractivity contribution in [2.75, 3.05) is 26.2 Å². The lowest BCUT2D eigenvalue weighted by Gasteiger charge is -2.41. The van der Waals surface area contributed by atoms with Crippen LogP contribution in [-0.2, 0) is 25.7 Å². The normalized spacial score (nSPS) is 12.7. The first-order valence-electron chi connectivity index (χ1n) is 15.3. The van der Waals surface area contributed by atoms with E-state index in [1.54, 1.807) is 12.3 Å². The zero-order chi connectivity index (χ0) is 34.7. The third kappa shape index (κ3) is 10.7. The van der Waals surface area contributed by atoms with Gasteiger partial charge in [0.25, 0.3) is 0 Å². The minimum atomic E-state index is -1.09. The van der Waals surface area contributed by atoms with Gasteiger partial charge in [0, 0.05) is 55.6 Å². The fourth-order valence-electron chi connectivity index (χ4n) is 5.34. The number of nitrogens with one attached hydrogen (secondary N) is 2. The number of carboxylic acids is 1. The van der Waals surface area contributed by atoms with E-state index in [-0.39, 0.29) is 44.5 Å². The number of carbonyl (C=O) groups excluding carboxylic acids is 3. The molecule has 0 aliphatic heterocycles. The molecule has 3 aromatic rings. The third-order valence-electron chi connectivity index (χ3n) is 7.56. The second-order valence-electron chi connectivity index (χ2n) is 12.3. The van der Waals surface area contributed by atoms with E-state index in [9.17, 15) is 33.1 Å². The maximum atomic E-state index is 14.9. The Morgan fingerprint density at radius 2 is 1.66 bits per heavy atom. The summed E-state index contributed by atoms with van der Waals surface area (Å²) in [7, 11) is 0. The van der Waals surface area contributed by atoms with Crippen molar-refractivity contribution in [2.24, 2.45) is 11.1 Å². The van der Waals surface area contributed by atoms with Gasteiger partial charge in [0.2, 0.25) is 17.7 Å². The number of benzene rings is 2. The lowest BCUT2D eigenvalue weighted by Crippen LogP contribution is -2.48. The molecular formula is C34H43F2N5O6. The molecule has 0 aliphatic carbocycles. The molecule has 0 saturated heterocycles. The number of aliphatic carboxylic acids is 1. The fraction of sp³-hybridized carbons (Fsp3) is 0.412. The number of aromatic nitrogens is 1. The van der Waals surface area contributed by atoms with E-state index in [0.29, 0.717) is 17.8 Å². The van der Waals surface area contributed by atoms with Gasteiger partial charge in [-0.25, -0.2) is 8.78 Å². The number of carboxylic acid groups (broad SMARTS) is 1. The highest BCUT2D eigenvalue weighted by Gasteiger charge is 2.37. The fourth-order valence-corrected chi connectivity index (χ4v) is 5.34. The van der Waals surface area contributed by atoms with Gasteiger partial charge in [-0.3, -0.25) is 19.2 Å². The second-order valence-corrected chi connectivity index (χ2v) is 12.3. The van der Waals surface area contributed by atoms with Crippen molar-refractivity contribution in [1.29, 1.82) is 0 Å². The number of aliphatic hydroxyl groups is 1. The number of hydrogen-bond acceptors (Lipinski definition) is 6. The lowest BCUT2D eigenvalue weighted by molar-refractivity contribution is -0.140. The van der Waals surface area contributed by atoms with Gasteiger partial charge in [0.15, 0.2) is 0 Å². The first kappa shape index (κ1) is 36.8. The summed E-state index contributed by atoms with van der Waals surface area (Å²) in [5.74, 6) is -3.89. The number of hydrogen-bond donors (Lipinski definition) is 5. The number of aliphatic hydroxyl groups excluding tert-OH is 1. The van der Waals surface area contributed by atoms with E-state index < -0.39 is 59.4 Å². The first-order valence-corrected chi connectivity index (χ1v) is 15.3. The van der Waals surface area contributed by atoms with Crippen molar-refractivity contribution in [3.8, 4) is 11.1 Å². The Morgan fingerprint density at radius 3 is 2.30 bits per heavy atom. The van der Waals surface area contributed by atoms with Crippen LogP contribution in [0.1, 0.15) is 57.3 Å². The first-order chi connectivity index (χ1) is 22.2. The summed E-state index contributed by atoms with van der Waals surface area (Å²) >= 11 is 0. The van der Waals surface area contributed by atoms with E-state index in [2.05, 4.69) is 10.6 Å². The zero-order valence-electron chi connectivity index (χ0n) is 26.8. The van der Waals surface area contributed by atoms with Crippen LogP contribution in [-0.4, -0.2) is 75.7 Å². The molecule has 0 fully saturated rings. The number of amides is 3. The van der Waals surface area contributed by atoms with E-state index in [1.807, 2.05) is 55.7 Å². The molecule has 0 radical (unpaired) electrons. The summed E-state index contributed by atoms with van der Waals surface area (Å²) in [6.07, 6.45) is 1.25. The smallest absolute Gasteiger partial charge is 0.303 e. The van der Waals surface area contributed by atoms with Crippen molar-refractivity contribution in [2.45, 2.75) is 58.7 Å². The molecule has 13 heteroatoms. The standard InChI is InChI=1S/C34H43F2N5O6/c1-34(2,3)32(41(30(44)21-42)16-13-27(37)33(47)39-15-14-38-29(43)11-12-31(45)46)28-17-23(25-18-24(35)9-10-26(25)36)20-40(28)19-22-7-5-4-6-8-22/h4-10,17-18,20,27,32,42H,11-16,19,21,37H2,1-3H3,(H,38,43)(H,39,47)(H,45,46)/t27-,32-/m0/s1. The molecule has 6 N–H and O–H groups in total. The molecule has 3 amide bonds. The molecule has 3 rings (SSSR count). The molecule has 254 valence electrons. The summed E-state index contributed by atoms with van der Waals surface area (Å²) in [6, 6.07) is 12.7. The minimum absolute atomic E-state index is 0.0119. The van der Waals surface area contributed by atoms with Gasteiger partial charge in [-0.05, 0) is 41.7 Å². The molecule has 2 atom stereocenters. The molecule has 11 nitrogen and oxygen atoms in total. The van der Waals surface area contributed by atoms with Crippen LogP contribution >= 0.6 is 0 Å². The molecule has 0 unspecified atom stereocenters. The average molecular weight is 656 g/mol. The Hall–Kier alpha value is -4.62. The Labute approximate surface area is 272 Å². The van der Waals surface area contributed by atoms with E-state index >= 15 is 0 Å². The quantitative estimate of drug-likeness (QED) is 0.148. The SMILES string of the molecule is CC(C)(C)[C@H](c1cc(-c2cc(F)ccc2F)cn1Cc1ccccc1)N(CC[C@H](N)C(=O)NCCNC(=O)CCC(=O)O)C(=O)CO. The van der Waals surface area contributed by atoms with Crippen molar-refractivity contribution in [3.05, 3.63) is 83.7 Å². The highest BCUT2D eigenvalue weighted by atomic mass is 19.1. The van der Waals surface area contributed by atoms with E-state index in [0.717, 1.165) is 23.8 Å². The maximum Gasteiger partial charge on any atom is 0.303 e. The van der Waals surface area contributed by atoms with Gasteiger partial charge < -0.3 is 36.0 Å². The van der Waals surface area contributed by atoms with Crippen molar-refractivity contribution in [1.82, 2.24) is 20.1 Å². The summed E-state index contributed by atoms with van der Waals surface area (Å²) in [4.78, 5) is 49.8. The Bertz CT molecular complexity index is 1540. The Morgan fingerprint density at radius 1 is 0.979 bits per heavy atom. The number of nitrogens with two attached hydrogens (primary N) is 1. The van der Waals surface area contributed by atoms with Crippen LogP contribution in [0.3, 0.4) is 0 Å². The van der Waals surface area contributed by atoms with Gasteiger partial charge in [0.1, 0.15) is 18.2 Å². The van der Waals surface area contributed by atoms with Crippen LogP contribution in [0.4, 0.5) is 8.78 Å². The van der Waals surface area contributed by atoms with Crippen molar-refractivity contribution < 1.29 is 38.2 Å². The van der Waals surface area contributed by atoms with E-state index in [4.69, 9.17) is 10.8 Å². The van der Waals surface area contributed by atoms with Gasteiger partial charge in [0.05, 0.1) is 18.5 Å². The zero-order valence-corrected chi connectivity index (χ0v) is 26.8. The second kappa shape index (κ2) is 16.8. The predicted octanol–water partition coefficient (Wildman–Crippen LogP) is 3.20. The summed E-state index contributed by atoms with van der Waals surface area (Å²) < 4.78 is 31.0. The monoisotopic (exact) mass is 655 g/mol. The van der Waals surface area contributed by atoms with Crippen LogP contribution in [0.5, 0.6) is 0 Å². The number of halogens is 2. The topological polar surface area (TPSA) is 167 Å². The van der Waals surface area contributed by atoms with Crippen molar-refractivity contribution >= 4 is 23.7 Å². The van der Waals surface area contributed by atoms with Gasteiger partial charge >= 0.3 is 5.97 Å². The Balaban J connectivity index is 1.87. The van der Waals surface area contributed by atoms with Crippen LogP contribution in [0.2, 0.25) is 0 Å². The molecule has 0 saturated carbocycles. The highest BCUT2D eigenvalue weighted by molar-refractivity contribution is 5.82. The minimum Gasteiger partial charge on any atom is -0.481 e. The van der Waals surface area contributed by atoms with E-state index in [1.165, 1.54) is 4.90 Å². The van der Waals surface area contributed by atoms with Crippen LogP contribution < -0.4 is 16.4 Å². The van der Waals surface area contributed by atoms with Gasteiger partial charge in [-0.1, -0.05) is 51.1 Å². The van der Waals surface area contributed by atoms with Crippen LogP contribution in [0.15, 0.2) is 60.8 Å². The molecule has 2 aromatic carbocycles. The van der Waals surface area contributed by atoms with Gasteiger partial charge in [-0.2, -0.15) is 0 Å². The molecule has 1 aromatic heterocycles. The summed E-state index contributed by atoms with van der Waals surface area (Å²) in [5.41, 5.74) is 7.54. The molecule has 1 heterocycles. The number of rotatable bonds is 16. The third-order valence-corrected chi connectivity index (χ3v) is 7.56. The van der Waals surface area contributed by atoms with Gasteiger partial charge in [-0.15, -0.1) is 0 Å². The number of nitrogens with zero attached hydrogens (tertiary/aromatic N) is 2. The van der Waals surface area contributed by atoms with Crippen LogP contribution in [0.25, 0.3) is 11.1 Å². The molecule has 0 spiro atoms. The predicted molar refractivity (Wildman–Crippen MR) is 172 cm³/mol. The molecule has 0 aliphatic rings. The Kier molecular flexibility index (Phi) is 13.2. The highest BCUT2D eigenvalue weighted by Crippen LogP contribution is 2.41. The molecule has 0 bridgehead atoms. The maximum absolute atomic E-state index is 14.9. The summed E-state index contributed by atoms with van der Waals surface area (Å²) in [6.45, 7) is 5.41. The average Bonchev–Trinajstić information content (AvgIpc) is 3.42.